The van der Waals surface area contributed by atoms with Gasteiger partial charge in [-0.2, -0.15) is 0 Å². The molecule has 2 aliphatic rings. The smallest absolute Gasteiger partial charge is 0.224 e. The van der Waals surface area contributed by atoms with Gasteiger partial charge in [0.2, 0.25) is 5.91 Å². The maximum Gasteiger partial charge on any atom is 0.224 e. The van der Waals surface area contributed by atoms with Crippen LogP contribution in [0.4, 0.5) is 0 Å². The fraction of sp³-hybridized carbons (Fsp3) is 0.900. The highest BCUT2D eigenvalue weighted by Gasteiger charge is 2.38. The van der Waals surface area contributed by atoms with Crippen LogP contribution in [0.25, 0.3) is 0 Å². The Labute approximate surface area is 182 Å². The minimum absolute atomic E-state index is 0. The number of aliphatic imine (C=N–C) groups is 1. The van der Waals surface area contributed by atoms with Crippen molar-refractivity contribution in [3.63, 3.8) is 0 Å². The molecule has 0 aromatic rings. The lowest BCUT2D eigenvalue weighted by atomic mass is 9.79. The molecule has 0 atom stereocenters. The van der Waals surface area contributed by atoms with Gasteiger partial charge in [-0.05, 0) is 59.5 Å². The lowest BCUT2D eigenvalue weighted by molar-refractivity contribution is -0.125. The number of nitrogens with two attached hydrogens (primary N) is 1. The molecule has 0 unspecified atom stereocenters. The van der Waals surface area contributed by atoms with Crippen molar-refractivity contribution in [1.82, 2.24) is 15.5 Å². The summed E-state index contributed by atoms with van der Waals surface area (Å²) in [4.78, 5) is 18.9. The second-order valence-electron chi connectivity index (χ2n) is 8.63. The van der Waals surface area contributed by atoms with E-state index in [-0.39, 0.29) is 35.4 Å². The van der Waals surface area contributed by atoms with Gasteiger partial charge in [-0.25, -0.2) is 0 Å². The average Bonchev–Trinajstić information content (AvgIpc) is 2.65. The van der Waals surface area contributed by atoms with Crippen molar-refractivity contribution in [2.75, 3.05) is 32.7 Å². The van der Waals surface area contributed by atoms with E-state index in [0.29, 0.717) is 6.54 Å². The minimum Gasteiger partial charge on any atom is -0.369 e. The molecule has 7 heteroatoms. The van der Waals surface area contributed by atoms with Crippen molar-refractivity contribution in [3.05, 3.63) is 0 Å². The third-order valence-corrected chi connectivity index (χ3v) is 6.04. The summed E-state index contributed by atoms with van der Waals surface area (Å²) in [7, 11) is 0. The molecule has 0 aromatic carbocycles. The van der Waals surface area contributed by atoms with E-state index in [1.54, 1.807) is 0 Å². The quantitative estimate of drug-likeness (QED) is 0.290. The van der Waals surface area contributed by atoms with Crippen LogP contribution >= 0.6 is 24.0 Å². The molecule has 6 nitrogen and oxygen atoms in total. The molecule has 4 N–H and O–H groups in total. The zero-order valence-electron chi connectivity index (χ0n) is 17.5. The van der Waals surface area contributed by atoms with E-state index >= 15 is 0 Å². The molecule has 1 saturated heterocycles. The Morgan fingerprint density at radius 2 is 1.67 bits per heavy atom. The Hall–Kier alpha value is -0.570. The highest BCUT2D eigenvalue weighted by molar-refractivity contribution is 14.0. The van der Waals surface area contributed by atoms with E-state index in [1.807, 2.05) is 13.8 Å². The van der Waals surface area contributed by atoms with E-state index in [0.717, 1.165) is 19.0 Å². The van der Waals surface area contributed by atoms with Gasteiger partial charge in [-0.1, -0.05) is 25.7 Å². The molecule has 1 amide bonds. The number of hydrogen-bond acceptors (Lipinski definition) is 3. The first-order valence-electron chi connectivity index (χ1n) is 10.5. The molecule has 1 heterocycles. The topological polar surface area (TPSA) is 82.7 Å². The third-order valence-electron chi connectivity index (χ3n) is 6.04. The number of primary amides is 1. The molecule has 1 aliphatic carbocycles. The van der Waals surface area contributed by atoms with Crippen LogP contribution in [0.15, 0.2) is 4.99 Å². The third kappa shape index (κ3) is 7.07. The number of carbonyl (C=O) groups excluding carboxylic acids is 1. The van der Waals surface area contributed by atoms with Gasteiger partial charge in [0.25, 0.3) is 0 Å². The van der Waals surface area contributed by atoms with Gasteiger partial charge < -0.3 is 16.4 Å². The molecular weight excluding hydrogens is 453 g/mol. The Morgan fingerprint density at radius 3 is 2.22 bits per heavy atom. The number of likely N-dealkylation sites (tertiary alicyclic amines) is 1. The number of rotatable bonds is 7. The van der Waals surface area contributed by atoms with E-state index in [2.05, 4.69) is 27.4 Å². The molecule has 158 valence electrons. The van der Waals surface area contributed by atoms with E-state index in [1.165, 1.54) is 64.5 Å². The Balaban J connectivity index is 0.00000364. The number of hydrogen-bond donors (Lipinski definition) is 3. The summed E-state index contributed by atoms with van der Waals surface area (Å²) in [5, 5.41) is 6.91. The van der Waals surface area contributed by atoms with Crippen LogP contribution in [-0.4, -0.2) is 55.0 Å². The van der Waals surface area contributed by atoms with Gasteiger partial charge in [0.05, 0.1) is 12.0 Å². The molecule has 0 bridgehead atoms. The molecular formula is C20H40IN5O. The number of nitrogens with one attached hydrogen (secondary N) is 2. The standard InChI is InChI=1S/C20H39N5O.HI/c1-4-22-18(23-15-19(2,3)17(21)26)24-16-20(11-7-5-8-12-20)25-13-9-6-10-14-25;/h4-16H2,1-3H3,(H2,21,26)(H2,22,23,24);1H. The van der Waals surface area contributed by atoms with Crippen molar-refractivity contribution in [3.8, 4) is 0 Å². The Bertz CT molecular complexity index is 483. The SMILES string of the molecule is CCNC(=NCC(C)(C)C(N)=O)NCC1(N2CCCCC2)CCCCC1.I. The first kappa shape index (κ1) is 24.5. The lowest BCUT2D eigenvalue weighted by Gasteiger charge is -2.48. The van der Waals surface area contributed by atoms with Crippen molar-refractivity contribution in [1.29, 1.82) is 0 Å². The second-order valence-corrected chi connectivity index (χ2v) is 8.63. The van der Waals surface area contributed by atoms with Crippen LogP contribution in [0.1, 0.15) is 72.1 Å². The monoisotopic (exact) mass is 493 g/mol. The highest BCUT2D eigenvalue weighted by Crippen LogP contribution is 2.35. The number of amides is 1. The largest absolute Gasteiger partial charge is 0.369 e. The number of nitrogens with zero attached hydrogens (tertiary/aromatic N) is 2. The maximum absolute atomic E-state index is 11.6. The van der Waals surface area contributed by atoms with E-state index < -0.39 is 5.41 Å². The van der Waals surface area contributed by atoms with Crippen molar-refractivity contribution < 1.29 is 4.79 Å². The first-order chi connectivity index (χ1) is 12.4. The van der Waals surface area contributed by atoms with Crippen LogP contribution in [0, 0.1) is 5.41 Å². The molecule has 27 heavy (non-hydrogen) atoms. The number of carbonyl (C=O) groups is 1. The number of halogens is 1. The zero-order chi connectivity index (χ0) is 19.0. The fourth-order valence-corrected chi connectivity index (χ4v) is 4.13. The van der Waals surface area contributed by atoms with Gasteiger partial charge in [-0.15, -0.1) is 24.0 Å². The summed E-state index contributed by atoms with van der Waals surface area (Å²) in [5.74, 6) is 0.484. The molecule has 0 spiro atoms. The van der Waals surface area contributed by atoms with E-state index in [9.17, 15) is 4.79 Å². The van der Waals surface area contributed by atoms with Crippen molar-refractivity contribution in [2.45, 2.75) is 77.7 Å². The summed E-state index contributed by atoms with van der Waals surface area (Å²) in [6, 6.07) is 0. The van der Waals surface area contributed by atoms with Gasteiger partial charge in [0, 0.05) is 18.6 Å². The van der Waals surface area contributed by atoms with Crippen LogP contribution in [0.2, 0.25) is 0 Å². The second kappa shape index (κ2) is 11.4. The molecule has 2 fully saturated rings. The Kier molecular flexibility index (Phi) is 10.4. The summed E-state index contributed by atoms with van der Waals surface area (Å²) < 4.78 is 0. The van der Waals surface area contributed by atoms with Crippen molar-refractivity contribution >= 4 is 35.8 Å². The minimum atomic E-state index is -0.627. The van der Waals surface area contributed by atoms with Crippen molar-refractivity contribution in [2.24, 2.45) is 16.1 Å². The van der Waals surface area contributed by atoms with Crippen LogP contribution in [-0.2, 0) is 4.79 Å². The number of piperidine rings is 1. The maximum atomic E-state index is 11.6. The summed E-state index contributed by atoms with van der Waals surface area (Å²) in [5.41, 5.74) is 5.11. The Morgan fingerprint density at radius 1 is 1.07 bits per heavy atom. The number of guanidine groups is 1. The molecule has 0 aromatic heterocycles. The molecule has 1 aliphatic heterocycles. The van der Waals surface area contributed by atoms with E-state index in [4.69, 9.17) is 5.73 Å². The predicted octanol–water partition coefficient (Wildman–Crippen LogP) is 2.86. The molecule has 0 radical (unpaired) electrons. The normalized spacial score (nSPS) is 21.2. The average molecular weight is 493 g/mol. The summed E-state index contributed by atoms with van der Waals surface area (Å²) in [6.07, 6.45) is 10.5. The van der Waals surface area contributed by atoms with Gasteiger partial charge >= 0.3 is 0 Å². The van der Waals surface area contributed by atoms with Gasteiger partial charge in [0.15, 0.2) is 5.96 Å². The van der Waals surface area contributed by atoms with Crippen LogP contribution in [0.5, 0.6) is 0 Å². The summed E-state index contributed by atoms with van der Waals surface area (Å²) in [6.45, 7) is 10.3. The van der Waals surface area contributed by atoms with Crippen LogP contribution in [0.3, 0.4) is 0 Å². The molecule has 2 rings (SSSR count). The molecule has 1 saturated carbocycles. The first-order valence-corrected chi connectivity index (χ1v) is 10.5. The van der Waals surface area contributed by atoms with Gasteiger partial charge in [-0.3, -0.25) is 14.7 Å². The lowest BCUT2D eigenvalue weighted by Crippen LogP contribution is -2.59. The fourth-order valence-electron chi connectivity index (χ4n) is 4.13. The van der Waals surface area contributed by atoms with Crippen LogP contribution < -0.4 is 16.4 Å². The highest BCUT2D eigenvalue weighted by atomic mass is 127. The van der Waals surface area contributed by atoms with Gasteiger partial charge in [0.1, 0.15) is 0 Å². The predicted molar refractivity (Wildman–Crippen MR) is 124 cm³/mol. The zero-order valence-corrected chi connectivity index (χ0v) is 19.8. The summed E-state index contributed by atoms with van der Waals surface area (Å²) >= 11 is 0.